The van der Waals surface area contributed by atoms with Crippen LogP contribution in [0.1, 0.15) is 31.2 Å². The van der Waals surface area contributed by atoms with Crippen molar-refractivity contribution in [1.29, 1.82) is 0 Å². The van der Waals surface area contributed by atoms with E-state index in [2.05, 4.69) is 10.0 Å². The summed E-state index contributed by atoms with van der Waals surface area (Å²) in [7, 11) is -3.22. The average molecular weight is 314 g/mol. The summed E-state index contributed by atoms with van der Waals surface area (Å²) < 4.78 is 39.1. The van der Waals surface area contributed by atoms with E-state index in [-0.39, 0.29) is 11.6 Å². The number of nitrogens with one attached hydrogen (secondary N) is 2. The fourth-order valence-electron chi connectivity index (χ4n) is 2.13. The Hall–Kier alpha value is -0.980. The zero-order valence-electron chi connectivity index (χ0n) is 12.1. The lowest BCUT2D eigenvalue weighted by atomic mass is 10.1. The molecule has 1 saturated carbocycles. The van der Waals surface area contributed by atoms with E-state index >= 15 is 0 Å². The standard InChI is InChI=1S/C15H23FN2O2S/c16-14-5-3-4-13(12-14)8-10-18-21(19,20)11-2-1-9-17-15-6-7-15/h3-5,12,15,17-18H,1-2,6-11H2. The molecule has 118 valence electrons. The second-order valence-electron chi connectivity index (χ2n) is 5.53. The van der Waals surface area contributed by atoms with Crippen molar-refractivity contribution in [3.05, 3.63) is 35.6 Å². The van der Waals surface area contributed by atoms with Crippen molar-refractivity contribution < 1.29 is 12.8 Å². The van der Waals surface area contributed by atoms with Crippen molar-refractivity contribution in [2.45, 2.75) is 38.1 Å². The second-order valence-corrected chi connectivity index (χ2v) is 7.46. The lowest BCUT2D eigenvalue weighted by molar-refractivity contribution is 0.573. The van der Waals surface area contributed by atoms with Crippen LogP contribution in [-0.2, 0) is 16.4 Å². The minimum atomic E-state index is -3.22. The smallest absolute Gasteiger partial charge is 0.211 e. The minimum Gasteiger partial charge on any atom is -0.314 e. The number of hydrogen-bond acceptors (Lipinski definition) is 3. The Morgan fingerprint density at radius 2 is 2.00 bits per heavy atom. The molecule has 2 rings (SSSR count). The molecule has 21 heavy (non-hydrogen) atoms. The maximum absolute atomic E-state index is 13.0. The quantitative estimate of drug-likeness (QED) is 0.648. The Labute approximate surface area is 126 Å². The maximum Gasteiger partial charge on any atom is 0.211 e. The van der Waals surface area contributed by atoms with Gasteiger partial charge in [0.15, 0.2) is 0 Å². The monoisotopic (exact) mass is 314 g/mol. The number of sulfonamides is 1. The molecule has 0 amide bonds. The zero-order valence-corrected chi connectivity index (χ0v) is 13.0. The Morgan fingerprint density at radius 3 is 2.71 bits per heavy atom. The molecule has 1 aromatic rings. The van der Waals surface area contributed by atoms with Crippen molar-refractivity contribution >= 4 is 10.0 Å². The Balaban J connectivity index is 1.59. The van der Waals surface area contributed by atoms with Gasteiger partial charge in [-0.3, -0.25) is 0 Å². The third-order valence-corrected chi connectivity index (χ3v) is 4.94. The van der Waals surface area contributed by atoms with Gasteiger partial charge in [0, 0.05) is 12.6 Å². The van der Waals surface area contributed by atoms with Crippen LogP contribution in [0.2, 0.25) is 0 Å². The van der Waals surface area contributed by atoms with Gasteiger partial charge in [-0.25, -0.2) is 17.5 Å². The molecular weight excluding hydrogens is 291 g/mol. The highest BCUT2D eigenvalue weighted by Crippen LogP contribution is 2.18. The van der Waals surface area contributed by atoms with E-state index in [1.54, 1.807) is 12.1 Å². The summed E-state index contributed by atoms with van der Waals surface area (Å²) in [6.45, 7) is 1.20. The van der Waals surface area contributed by atoms with E-state index < -0.39 is 10.0 Å². The van der Waals surface area contributed by atoms with Crippen molar-refractivity contribution in [3.63, 3.8) is 0 Å². The normalized spacial score (nSPS) is 15.3. The molecule has 2 N–H and O–H groups in total. The second kappa shape index (κ2) is 7.87. The number of hydrogen-bond donors (Lipinski definition) is 2. The molecule has 0 aliphatic heterocycles. The molecule has 0 bridgehead atoms. The number of rotatable bonds is 10. The number of benzene rings is 1. The van der Waals surface area contributed by atoms with E-state index in [1.165, 1.54) is 25.0 Å². The molecule has 0 unspecified atom stereocenters. The van der Waals surface area contributed by atoms with Crippen LogP contribution in [0.3, 0.4) is 0 Å². The molecular formula is C15H23FN2O2S. The Bertz CT molecular complexity index is 544. The first kappa shape index (κ1) is 16.4. The van der Waals surface area contributed by atoms with Gasteiger partial charge in [0.25, 0.3) is 0 Å². The van der Waals surface area contributed by atoms with Crippen LogP contribution in [-0.4, -0.2) is 33.3 Å². The lowest BCUT2D eigenvalue weighted by Crippen LogP contribution is -2.29. The third kappa shape index (κ3) is 7.02. The summed E-state index contributed by atoms with van der Waals surface area (Å²) in [5.74, 6) is -0.138. The van der Waals surface area contributed by atoms with Crippen molar-refractivity contribution in [2.24, 2.45) is 0 Å². The highest BCUT2D eigenvalue weighted by Gasteiger charge is 2.19. The van der Waals surface area contributed by atoms with Gasteiger partial charge in [0.2, 0.25) is 10.0 Å². The fourth-order valence-corrected chi connectivity index (χ4v) is 3.27. The summed E-state index contributed by atoms with van der Waals surface area (Å²) in [6, 6.07) is 6.90. The largest absolute Gasteiger partial charge is 0.314 e. The highest BCUT2D eigenvalue weighted by atomic mass is 32.2. The van der Waals surface area contributed by atoms with Gasteiger partial charge < -0.3 is 5.32 Å². The molecule has 0 heterocycles. The zero-order chi connectivity index (χ0) is 15.1. The van der Waals surface area contributed by atoms with E-state index in [0.717, 1.165) is 18.5 Å². The van der Waals surface area contributed by atoms with Crippen molar-refractivity contribution in [1.82, 2.24) is 10.0 Å². The summed E-state index contributed by atoms with van der Waals surface area (Å²) in [5, 5.41) is 3.36. The lowest BCUT2D eigenvalue weighted by Gasteiger charge is -2.07. The molecule has 4 nitrogen and oxygen atoms in total. The predicted octanol–water partition coefficient (Wildman–Crippen LogP) is 1.82. The number of halogens is 1. The molecule has 1 aromatic carbocycles. The summed E-state index contributed by atoms with van der Waals surface area (Å²) in [6.07, 6.45) is 4.54. The van der Waals surface area contributed by atoms with E-state index in [0.29, 0.717) is 25.4 Å². The van der Waals surface area contributed by atoms with Gasteiger partial charge in [0.1, 0.15) is 5.82 Å². The van der Waals surface area contributed by atoms with Crippen LogP contribution < -0.4 is 10.0 Å². The van der Waals surface area contributed by atoms with Crippen molar-refractivity contribution in [3.8, 4) is 0 Å². The molecule has 0 radical (unpaired) electrons. The molecule has 1 aliphatic rings. The molecule has 0 spiro atoms. The van der Waals surface area contributed by atoms with E-state index in [4.69, 9.17) is 0 Å². The van der Waals surface area contributed by atoms with Crippen molar-refractivity contribution in [2.75, 3.05) is 18.8 Å². The van der Waals surface area contributed by atoms with E-state index in [1.807, 2.05) is 0 Å². The van der Waals surface area contributed by atoms with Gasteiger partial charge in [-0.2, -0.15) is 0 Å². The van der Waals surface area contributed by atoms with Gasteiger partial charge in [-0.05, 0) is 56.3 Å². The molecule has 1 aliphatic carbocycles. The first-order valence-electron chi connectivity index (χ1n) is 7.50. The fraction of sp³-hybridized carbons (Fsp3) is 0.600. The predicted molar refractivity (Wildman–Crippen MR) is 82.2 cm³/mol. The van der Waals surface area contributed by atoms with Crippen LogP contribution in [0.25, 0.3) is 0 Å². The Morgan fingerprint density at radius 1 is 1.19 bits per heavy atom. The molecule has 0 saturated heterocycles. The molecule has 0 atom stereocenters. The minimum absolute atomic E-state index is 0.155. The highest BCUT2D eigenvalue weighted by molar-refractivity contribution is 7.89. The SMILES string of the molecule is O=S(=O)(CCCCNC1CC1)NCCc1cccc(F)c1. The molecule has 6 heteroatoms. The third-order valence-electron chi connectivity index (χ3n) is 3.47. The van der Waals surface area contributed by atoms with Crippen LogP contribution in [0.5, 0.6) is 0 Å². The summed E-state index contributed by atoms with van der Waals surface area (Å²) >= 11 is 0. The van der Waals surface area contributed by atoms with Gasteiger partial charge in [0.05, 0.1) is 5.75 Å². The Kier molecular flexibility index (Phi) is 6.14. The van der Waals surface area contributed by atoms with Crippen LogP contribution in [0.15, 0.2) is 24.3 Å². The first-order chi connectivity index (χ1) is 10.1. The van der Waals surface area contributed by atoms with Crippen LogP contribution in [0, 0.1) is 5.82 Å². The summed E-state index contributed by atoms with van der Waals surface area (Å²) in [4.78, 5) is 0. The number of unbranched alkanes of at least 4 members (excludes halogenated alkanes) is 1. The van der Waals surface area contributed by atoms with E-state index in [9.17, 15) is 12.8 Å². The first-order valence-corrected chi connectivity index (χ1v) is 9.15. The average Bonchev–Trinajstić information content (AvgIpc) is 3.22. The van der Waals surface area contributed by atoms with Gasteiger partial charge in [-0.15, -0.1) is 0 Å². The van der Waals surface area contributed by atoms with Gasteiger partial charge >= 0.3 is 0 Å². The van der Waals surface area contributed by atoms with Gasteiger partial charge in [-0.1, -0.05) is 12.1 Å². The van der Waals surface area contributed by atoms with Crippen LogP contribution >= 0.6 is 0 Å². The molecule has 0 aromatic heterocycles. The van der Waals surface area contributed by atoms with Crippen LogP contribution in [0.4, 0.5) is 4.39 Å². The maximum atomic E-state index is 13.0. The topological polar surface area (TPSA) is 58.2 Å². The summed E-state index contributed by atoms with van der Waals surface area (Å²) in [5.41, 5.74) is 0.798. The molecule has 1 fully saturated rings.